The third-order valence-corrected chi connectivity index (χ3v) is 5.59. The Morgan fingerprint density at radius 2 is 1.76 bits per heavy atom. The quantitative estimate of drug-likeness (QED) is 0.180. The summed E-state index contributed by atoms with van der Waals surface area (Å²) >= 11 is 0. The van der Waals surface area contributed by atoms with Gasteiger partial charge in [-0.1, -0.05) is 55.5 Å². The number of likely N-dealkylation sites (N-methyl/N-ethyl adjacent to an activating group) is 1. The van der Waals surface area contributed by atoms with Crippen LogP contribution in [0.5, 0.6) is 5.88 Å². The van der Waals surface area contributed by atoms with Crippen LogP contribution in [0.15, 0.2) is 77.8 Å². The first-order valence-electron chi connectivity index (χ1n) is 11.6. The normalized spacial score (nSPS) is 11.6. The molecule has 0 radical (unpaired) electrons. The topological polar surface area (TPSA) is 86.7 Å². The Morgan fingerprint density at radius 3 is 2.47 bits per heavy atom. The number of carbonyl (C=O) groups is 1. The van der Waals surface area contributed by atoms with E-state index in [2.05, 4.69) is 29.4 Å². The van der Waals surface area contributed by atoms with E-state index >= 15 is 0 Å². The molecule has 0 aliphatic carbocycles. The summed E-state index contributed by atoms with van der Waals surface area (Å²) in [6, 6.07) is 23.1. The molecule has 0 unspecified atom stereocenters. The van der Waals surface area contributed by atoms with E-state index in [-0.39, 0.29) is 5.88 Å². The highest BCUT2D eigenvalue weighted by molar-refractivity contribution is 6.22. The predicted octanol–water partition coefficient (Wildman–Crippen LogP) is 5.37. The second-order valence-corrected chi connectivity index (χ2v) is 7.93. The van der Waals surface area contributed by atoms with E-state index in [9.17, 15) is 9.90 Å². The Kier molecular flexibility index (Phi) is 7.40. The molecule has 0 amide bonds. The minimum atomic E-state index is -0.397. The summed E-state index contributed by atoms with van der Waals surface area (Å²) in [5, 5.41) is 15.0. The lowest BCUT2D eigenvalue weighted by atomic mass is 10.00. The number of aromatic amines is 1. The van der Waals surface area contributed by atoms with Crippen molar-refractivity contribution >= 4 is 28.3 Å². The predicted molar refractivity (Wildman–Crippen MR) is 136 cm³/mol. The van der Waals surface area contributed by atoms with Gasteiger partial charge in [0.25, 0.3) is 0 Å². The fourth-order valence-corrected chi connectivity index (χ4v) is 3.90. The molecule has 3 N–H and O–H groups in total. The van der Waals surface area contributed by atoms with Crippen molar-refractivity contribution < 1.29 is 14.6 Å². The van der Waals surface area contributed by atoms with Gasteiger partial charge < -0.3 is 20.1 Å². The number of rotatable bonds is 9. The number of aromatic hydroxyl groups is 1. The van der Waals surface area contributed by atoms with Gasteiger partial charge in [-0.25, -0.2) is 9.79 Å². The van der Waals surface area contributed by atoms with Gasteiger partial charge >= 0.3 is 5.97 Å². The van der Waals surface area contributed by atoms with Gasteiger partial charge in [0.1, 0.15) is 0 Å². The first-order valence-corrected chi connectivity index (χ1v) is 11.6. The van der Waals surface area contributed by atoms with Crippen molar-refractivity contribution in [3.05, 3.63) is 95.1 Å². The van der Waals surface area contributed by atoms with Crippen LogP contribution in [0.25, 0.3) is 10.9 Å². The molecule has 0 aliphatic heterocycles. The Balaban J connectivity index is 1.76. The number of aromatic nitrogens is 1. The van der Waals surface area contributed by atoms with Crippen molar-refractivity contribution in [3.63, 3.8) is 0 Å². The molecule has 0 saturated carbocycles. The van der Waals surface area contributed by atoms with Gasteiger partial charge in [0, 0.05) is 16.5 Å². The van der Waals surface area contributed by atoms with Crippen LogP contribution in [0.2, 0.25) is 0 Å². The van der Waals surface area contributed by atoms with Gasteiger partial charge in [-0.3, -0.25) is 0 Å². The molecule has 1 heterocycles. The minimum absolute atomic E-state index is 0.000807. The molecule has 34 heavy (non-hydrogen) atoms. The summed E-state index contributed by atoms with van der Waals surface area (Å²) in [5.41, 5.74) is 5.21. The van der Waals surface area contributed by atoms with E-state index in [1.807, 2.05) is 48.5 Å². The maximum Gasteiger partial charge on any atom is 0.338 e. The summed E-state index contributed by atoms with van der Waals surface area (Å²) in [7, 11) is 0. The van der Waals surface area contributed by atoms with Crippen LogP contribution in [-0.2, 0) is 11.2 Å². The van der Waals surface area contributed by atoms with Gasteiger partial charge in [-0.2, -0.15) is 0 Å². The molecule has 1 aromatic heterocycles. The van der Waals surface area contributed by atoms with Crippen LogP contribution in [0.3, 0.4) is 0 Å². The zero-order valence-electron chi connectivity index (χ0n) is 19.5. The van der Waals surface area contributed by atoms with Crippen LogP contribution >= 0.6 is 0 Å². The summed E-state index contributed by atoms with van der Waals surface area (Å²) in [4.78, 5) is 20.1. The minimum Gasteiger partial charge on any atom is -0.494 e. The number of aliphatic imine (C=N–C) groups is 1. The van der Waals surface area contributed by atoms with E-state index in [1.165, 1.54) is 5.56 Å². The largest absolute Gasteiger partial charge is 0.494 e. The highest BCUT2D eigenvalue weighted by Gasteiger charge is 2.20. The lowest BCUT2D eigenvalue weighted by Gasteiger charge is -2.09. The molecule has 0 atom stereocenters. The maximum absolute atomic E-state index is 12.2. The van der Waals surface area contributed by atoms with Crippen LogP contribution < -0.4 is 5.32 Å². The van der Waals surface area contributed by atoms with Crippen molar-refractivity contribution in [2.45, 2.75) is 20.3 Å². The number of nitrogens with zero attached hydrogens (tertiary/aromatic N) is 1. The number of hydrogen-bond donors (Lipinski definition) is 3. The second-order valence-electron chi connectivity index (χ2n) is 7.93. The van der Waals surface area contributed by atoms with Crippen molar-refractivity contribution in [3.8, 4) is 5.88 Å². The van der Waals surface area contributed by atoms with Gasteiger partial charge in [-0.05, 0) is 56.3 Å². The lowest BCUT2D eigenvalue weighted by molar-refractivity contribution is 0.0526. The van der Waals surface area contributed by atoms with Crippen molar-refractivity contribution in [2.75, 3.05) is 19.7 Å². The summed E-state index contributed by atoms with van der Waals surface area (Å²) in [6.07, 6.45) is 0.954. The standard InChI is InChI=1S/C28H29N3O3/c1-3-29-17-16-19-10-13-22(14-11-19)30-26(20-8-6-5-7-9-20)25-23-15-12-21(28(33)34-4-2)18-24(23)31-27(25)32/h5-15,18,29,31-32H,3-4,16-17H2,1-2H3. The molecule has 0 fully saturated rings. The zero-order chi connectivity index (χ0) is 23.9. The molecule has 6 nitrogen and oxygen atoms in total. The molecule has 6 heteroatoms. The molecule has 174 valence electrons. The van der Waals surface area contributed by atoms with Gasteiger partial charge in [0.2, 0.25) is 0 Å². The van der Waals surface area contributed by atoms with E-state index in [0.29, 0.717) is 29.0 Å². The van der Waals surface area contributed by atoms with Crippen LogP contribution in [0.1, 0.15) is 40.9 Å². The zero-order valence-corrected chi connectivity index (χ0v) is 19.5. The SMILES string of the molecule is CCNCCc1ccc(N=C(c2ccccc2)c2c(O)[nH]c3cc(C(=O)OCC)ccc23)cc1. The van der Waals surface area contributed by atoms with Crippen molar-refractivity contribution in [2.24, 2.45) is 4.99 Å². The third-order valence-electron chi connectivity index (χ3n) is 5.59. The van der Waals surface area contributed by atoms with Gasteiger partial charge in [0.05, 0.1) is 29.1 Å². The second kappa shape index (κ2) is 10.8. The molecule has 4 aromatic rings. The summed E-state index contributed by atoms with van der Waals surface area (Å²) in [6.45, 7) is 6.06. The number of carbonyl (C=O) groups excluding carboxylic acids is 1. The summed E-state index contributed by atoms with van der Waals surface area (Å²) in [5.74, 6) is -0.396. The molecule has 3 aromatic carbocycles. The van der Waals surface area contributed by atoms with E-state index in [0.717, 1.165) is 36.1 Å². The van der Waals surface area contributed by atoms with Crippen molar-refractivity contribution in [1.82, 2.24) is 10.3 Å². The molecule has 0 bridgehead atoms. The fourth-order valence-electron chi connectivity index (χ4n) is 3.90. The highest BCUT2D eigenvalue weighted by Crippen LogP contribution is 2.32. The first kappa shape index (κ1) is 23.3. The number of ether oxygens (including phenoxy) is 1. The van der Waals surface area contributed by atoms with E-state index < -0.39 is 5.97 Å². The van der Waals surface area contributed by atoms with Crippen LogP contribution in [-0.4, -0.2) is 41.5 Å². The molecular formula is C28H29N3O3. The Bertz CT molecular complexity index is 1290. The maximum atomic E-state index is 12.2. The van der Waals surface area contributed by atoms with Crippen LogP contribution in [0, 0.1) is 0 Å². The first-order chi connectivity index (χ1) is 16.6. The smallest absolute Gasteiger partial charge is 0.338 e. The number of hydrogen-bond acceptors (Lipinski definition) is 5. The summed E-state index contributed by atoms with van der Waals surface area (Å²) < 4.78 is 5.11. The van der Waals surface area contributed by atoms with Crippen LogP contribution in [0.4, 0.5) is 5.69 Å². The van der Waals surface area contributed by atoms with E-state index in [4.69, 9.17) is 9.73 Å². The highest BCUT2D eigenvalue weighted by atomic mass is 16.5. The number of fused-ring (bicyclic) bond motifs is 1. The van der Waals surface area contributed by atoms with Gasteiger partial charge in [-0.15, -0.1) is 0 Å². The van der Waals surface area contributed by atoms with E-state index in [1.54, 1.807) is 19.1 Å². The number of nitrogens with one attached hydrogen (secondary N) is 2. The molecule has 0 spiro atoms. The number of esters is 1. The third kappa shape index (κ3) is 5.18. The Labute approximate surface area is 199 Å². The van der Waals surface area contributed by atoms with Gasteiger partial charge in [0.15, 0.2) is 5.88 Å². The molecule has 0 aliphatic rings. The monoisotopic (exact) mass is 455 g/mol. The fraction of sp³-hybridized carbons (Fsp3) is 0.214. The molecular weight excluding hydrogens is 426 g/mol. The Hall–Kier alpha value is -3.90. The average molecular weight is 456 g/mol. The number of H-pyrrole nitrogens is 1. The average Bonchev–Trinajstić information content (AvgIpc) is 3.19. The molecule has 4 rings (SSSR count). The lowest BCUT2D eigenvalue weighted by Crippen LogP contribution is -2.15. The molecule has 0 saturated heterocycles. The van der Waals surface area contributed by atoms with Crippen molar-refractivity contribution in [1.29, 1.82) is 0 Å². The number of benzene rings is 3. The Morgan fingerprint density at radius 1 is 1.00 bits per heavy atom.